The molecule has 154 valence electrons. The Balaban J connectivity index is 1.67. The lowest BCUT2D eigenvalue weighted by Crippen LogP contribution is -2.47. The van der Waals surface area contributed by atoms with Gasteiger partial charge in [0.05, 0.1) is 30.5 Å². The Bertz CT molecular complexity index is 983. The van der Waals surface area contributed by atoms with Gasteiger partial charge < -0.3 is 15.0 Å². The highest BCUT2D eigenvalue weighted by molar-refractivity contribution is 6.01. The number of carbonyl (C=O) groups is 2. The van der Waals surface area contributed by atoms with Crippen LogP contribution in [0.1, 0.15) is 24.1 Å². The van der Waals surface area contributed by atoms with Gasteiger partial charge in [-0.1, -0.05) is 48.5 Å². The van der Waals surface area contributed by atoms with Crippen molar-refractivity contribution in [2.45, 2.75) is 19.5 Å². The summed E-state index contributed by atoms with van der Waals surface area (Å²) in [4.78, 5) is 29.6. The minimum atomic E-state index is -0.488. The average molecular weight is 403 g/mol. The Morgan fingerprint density at radius 1 is 1.13 bits per heavy atom. The quantitative estimate of drug-likeness (QED) is 0.718. The minimum absolute atomic E-state index is 0.0539. The molecular formula is C24H25N3O3. The van der Waals surface area contributed by atoms with E-state index in [-0.39, 0.29) is 11.9 Å². The molecule has 1 N–H and O–H groups in total. The fraction of sp³-hybridized carbons (Fsp3) is 0.250. The third-order valence-corrected chi connectivity index (χ3v) is 5.35. The molecule has 30 heavy (non-hydrogen) atoms. The number of hydrogen-bond acceptors (Lipinski definition) is 3. The molecule has 0 radical (unpaired) electrons. The molecule has 0 saturated carbocycles. The van der Waals surface area contributed by atoms with Crippen molar-refractivity contribution >= 4 is 11.9 Å². The van der Waals surface area contributed by atoms with Crippen molar-refractivity contribution in [3.05, 3.63) is 89.6 Å². The molecule has 0 bridgehead atoms. The molecule has 0 unspecified atom stereocenters. The van der Waals surface area contributed by atoms with Crippen LogP contribution in [0.4, 0.5) is 4.79 Å². The molecule has 4 rings (SSSR count). The van der Waals surface area contributed by atoms with Crippen LogP contribution in [0, 0.1) is 0 Å². The van der Waals surface area contributed by atoms with E-state index in [1.165, 1.54) is 0 Å². The van der Waals surface area contributed by atoms with Gasteiger partial charge in [0.2, 0.25) is 0 Å². The summed E-state index contributed by atoms with van der Waals surface area (Å²) in [5.41, 5.74) is 3.28. The van der Waals surface area contributed by atoms with Crippen molar-refractivity contribution in [1.82, 2.24) is 15.1 Å². The molecule has 2 aliphatic heterocycles. The molecule has 2 heterocycles. The summed E-state index contributed by atoms with van der Waals surface area (Å²) in [6.45, 7) is 7.52. The molecule has 2 aromatic rings. The van der Waals surface area contributed by atoms with E-state index in [9.17, 15) is 9.59 Å². The van der Waals surface area contributed by atoms with E-state index < -0.39 is 6.04 Å². The number of carbonyl (C=O) groups excluding carboxylic acids is 2. The van der Waals surface area contributed by atoms with Crippen LogP contribution in [0.15, 0.2) is 78.5 Å². The second-order valence-electron chi connectivity index (χ2n) is 7.29. The van der Waals surface area contributed by atoms with Crippen molar-refractivity contribution in [1.29, 1.82) is 0 Å². The molecule has 6 nitrogen and oxygen atoms in total. The van der Waals surface area contributed by atoms with Gasteiger partial charge in [-0.25, -0.2) is 4.79 Å². The topological polar surface area (TPSA) is 61.9 Å². The van der Waals surface area contributed by atoms with E-state index in [0.717, 1.165) is 22.6 Å². The maximum Gasteiger partial charge on any atom is 0.322 e. The van der Waals surface area contributed by atoms with Crippen molar-refractivity contribution in [2.24, 2.45) is 0 Å². The number of urea groups is 1. The summed E-state index contributed by atoms with van der Waals surface area (Å²) in [5, 5.41) is 3.00. The van der Waals surface area contributed by atoms with E-state index in [4.69, 9.17) is 4.74 Å². The number of rotatable bonds is 7. The molecule has 0 saturated heterocycles. The first-order valence-electron chi connectivity index (χ1n) is 10.1. The molecule has 0 aromatic heterocycles. The average Bonchev–Trinajstić information content (AvgIpc) is 3.08. The summed E-state index contributed by atoms with van der Waals surface area (Å²) in [6, 6.07) is 16.7. The maximum atomic E-state index is 13.4. The summed E-state index contributed by atoms with van der Waals surface area (Å²) in [6.07, 6.45) is 1.67. The van der Waals surface area contributed by atoms with Gasteiger partial charge in [-0.15, -0.1) is 6.58 Å². The first-order valence-corrected chi connectivity index (χ1v) is 10.1. The predicted octanol–water partition coefficient (Wildman–Crippen LogP) is 3.63. The third-order valence-electron chi connectivity index (χ3n) is 5.35. The van der Waals surface area contributed by atoms with Crippen LogP contribution in [0.5, 0.6) is 5.75 Å². The second-order valence-corrected chi connectivity index (χ2v) is 7.29. The highest BCUT2D eigenvalue weighted by Gasteiger charge is 2.43. The van der Waals surface area contributed by atoms with Crippen LogP contribution in [0.25, 0.3) is 0 Å². The molecule has 2 aromatic carbocycles. The monoisotopic (exact) mass is 403 g/mol. The minimum Gasteiger partial charge on any atom is -0.494 e. The molecule has 2 aliphatic rings. The SMILES string of the molecule is C=CCN1C(=O)N[C@H](c2ccc(OCC)cc2)C2=C1CN(Cc1ccccc1)C2=O. The number of hydrogen-bond donors (Lipinski definition) is 1. The van der Waals surface area contributed by atoms with Crippen LogP contribution >= 0.6 is 0 Å². The lowest BCUT2D eigenvalue weighted by molar-refractivity contribution is -0.126. The third kappa shape index (κ3) is 3.68. The first-order chi connectivity index (χ1) is 14.6. The Hall–Kier alpha value is -3.54. The highest BCUT2D eigenvalue weighted by Crippen LogP contribution is 2.37. The Labute approximate surface area is 176 Å². The molecular weight excluding hydrogens is 378 g/mol. The predicted molar refractivity (Wildman–Crippen MR) is 115 cm³/mol. The van der Waals surface area contributed by atoms with Crippen molar-refractivity contribution in [2.75, 3.05) is 19.7 Å². The van der Waals surface area contributed by atoms with Crippen molar-refractivity contribution in [3.63, 3.8) is 0 Å². The van der Waals surface area contributed by atoms with Crippen LogP contribution in [-0.4, -0.2) is 41.4 Å². The van der Waals surface area contributed by atoms with Crippen LogP contribution in [0.2, 0.25) is 0 Å². The molecule has 0 spiro atoms. The van der Waals surface area contributed by atoms with E-state index in [1.807, 2.05) is 61.5 Å². The van der Waals surface area contributed by atoms with Crippen LogP contribution in [0.3, 0.4) is 0 Å². The standard InChI is InChI=1S/C24H25N3O3/c1-3-14-27-20-16-26(15-17-8-6-5-7-9-17)23(28)21(20)22(25-24(27)29)18-10-12-19(13-11-18)30-4-2/h3,5-13,22H,1,4,14-16H2,2H3,(H,25,29)/t22-/m1/s1. The van der Waals surface area contributed by atoms with Crippen molar-refractivity contribution < 1.29 is 14.3 Å². The fourth-order valence-corrected chi connectivity index (χ4v) is 3.98. The van der Waals surface area contributed by atoms with Gasteiger partial charge in [0.1, 0.15) is 5.75 Å². The van der Waals surface area contributed by atoms with Crippen molar-refractivity contribution in [3.8, 4) is 5.75 Å². The lowest BCUT2D eigenvalue weighted by atomic mass is 9.95. The number of amides is 3. The largest absolute Gasteiger partial charge is 0.494 e. The zero-order valence-corrected chi connectivity index (χ0v) is 17.0. The summed E-state index contributed by atoms with van der Waals surface area (Å²) in [5.74, 6) is 0.705. The van der Waals surface area contributed by atoms with Gasteiger partial charge in [0.25, 0.3) is 5.91 Å². The summed E-state index contributed by atoms with van der Waals surface area (Å²) >= 11 is 0. The Kier molecular flexibility index (Phi) is 5.57. The van der Waals surface area contributed by atoms with Gasteiger partial charge >= 0.3 is 6.03 Å². The number of nitrogens with zero attached hydrogens (tertiary/aromatic N) is 2. The fourth-order valence-electron chi connectivity index (χ4n) is 3.98. The highest BCUT2D eigenvalue weighted by atomic mass is 16.5. The second kappa shape index (κ2) is 8.45. The van der Waals surface area contributed by atoms with Crippen LogP contribution in [-0.2, 0) is 11.3 Å². The number of ether oxygens (including phenoxy) is 1. The lowest BCUT2D eigenvalue weighted by Gasteiger charge is -2.33. The first kappa shape index (κ1) is 19.8. The van der Waals surface area contributed by atoms with E-state index in [0.29, 0.717) is 31.8 Å². The molecule has 1 atom stereocenters. The molecule has 0 fully saturated rings. The Morgan fingerprint density at radius 2 is 1.87 bits per heavy atom. The van der Waals surface area contributed by atoms with Crippen LogP contribution < -0.4 is 10.1 Å². The molecule has 0 aliphatic carbocycles. The van der Waals surface area contributed by atoms with Gasteiger partial charge in [0.15, 0.2) is 0 Å². The van der Waals surface area contributed by atoms with E-state index >= 15 is 0 Å². The molecule has 6 heteroatoms. The normalized spacial score (nSPS) is 18.4. The maximum absolute atomic E-state index is 13.4. The summed E-state index contributed by atoms with van der Waals surface area (Å²) in [7, 11) is 0. The van der Waals surface area contributed by atoms with E-state index in [2.05, 4.69) is 11.9 Å². The van der Waals surface area contributed by atoms with Gasteiger partial charge in [0, 0.05) is 13.1 Å². The Morgan fingerprint density at radius 3 is 2.53 bits per heavy atom. The number of benzene rings is 2. The van der Waals surface area contributed by atoms with Gasteiger partial charge in [-0.3, -0.25) is 9.69 Å². The molecule has 3 amide bonds. The zero-order chi connectivity index (χ0) is 21.1. The van der Waals surface area contributed by atoms with E-state index in [1.54, 1.807) is 15.9 Å². The summed E-state index contributed by atoms with van der Waals surface area (Å²) < 4.78 is 5.52. The smallest absolute Gasteiger partial charge is 0.322 e. The zero-order valence-electron chi connectivity index (χ0n) is 17.0. The van der Waals surface area contributed by atoms with Gasteiger partial charge in [-0.2, -0.15) is 0 Å². The van der Waals surface area contributed by atoms with Gasteiger partial charge in [-0.05, 0) is 30.2 Å². The number of nitrogens with one attached hydrogen (secondary N) is 1.